The lowest BCUT2D eigenvalue weighted by Crippen LogP contribution is -2.41. The minimum atomic E-state index is -3.43. The fourth-order valence-electron chi connectivity index (χ4n) is 2.24. The molecular weight excluding hydrogens is 346 g/mol. The van der Waals surface area contributed by atoms with Crippen LogP contribution in [0.15, 0.2) is 33.6 Å². The molecule has 0 radical (unpaired) electrons. The SMILES string of the molecule is O=S(=O)(c1cccc(Br)c1)N1CCC(OCCO)CC1. The van der Waals surface area contributed by atoms with Gasteiger partial charge in [0.05, 0.1) is 24.2 Å². The lowest BCUT2D eigenvalue weighted by atomic mass is 10.1. The van der Waals surface area contributed by atoms with Crippen LogP contribution in [-0.4, -0.2) is 50.2 Å². The zero-order valence-electron chi connectivity index (χ0n) is 11.0. The molecule has 0 atom stereocenters. The van der Waals surface area contributed by atoms with Gasteiger partial charge >= 0.3 is 0 Å². The van der Waals surface area contributed by atoms with Crippen molar-refractivity contribution in [2.75, 3.05) is 26.3 Å². The van der Waals surface area contributed by atoms with Crippen LogP contribution < -0.4 is 0 Å². The van der Waals surface area contributed by atoms with E-state index in [0.29, 0.717) is 37.4 Å². The van der Waals surface area contributed by atoms with E-state index in [4.69, 9.17) is 9.84 Å². The number of benzene rings is 1. The molecule has 20 heavy (non-hydrogen) atoms. The second kappa shape index (κ2) is 7.00. The monoisotopic (exact) mass is 363 g/mol. The molecule has 1 saturated heterocycles. The fourth-order valence-corrected chi connectivity index (χ4v) is 4.30. The summed E-state index contributed by atoms with van der Waals surface area (Å²) in [6.45, 7) is 1.20. The second-order valence-electron chi connectivity index (χ2n) is 4.66. The molecule has 0 spiro atoms. The van der Waals surface area contributed by atoms with E-state index in [0.717, 1.165) is 4.47 Å². The molecule has 0 aliphatic carbocycles. The molecule has 5 nitrogen and oxygen atoms in total. The van der Waals surface area contributed by atoms with Gasteiger partial charge in [-0.05, 0) is 31.0 Å². The highest BCUT2D eigenvalue weighted by molar-refractivity contribution is 9.10. The normalized spacial score (nSPS) is 18.3. The third-order valence-corrected chi connectivity index (χ3v) is 5.67. The van der Waals surface area contributed by atoms with Crippen LogP contribution in [0.4, 0.5) is 0 Å². The maximum atomic E-state index is 12.5. The highest BCUT2D eigenvalue weighted by Gasteiger charge is 2.29. The Kier molecular flexibility index (Phi) is 5.57. The van der Waals surface area contributed by atoms with Crippen LogP contribution >= 0.6 is 15.9 Å². The van der Waals surface area contributed by atoms with Gasteiger partial charge in [-0.1, -0.05) is 22.0 Å². The molecule has 0 amide bonds. The van der Waals surface area contributed by atoms with Gasteiger partial charge in [-0.3, -0.25) is 0 Å². The standard InChI is InChI=1S/C13H18BrNO4S/c14-11-2-1-3-13(10-11)20(17,18)15-6-4-12(5-7-15)19-9-8-16/h1-3,10,12,16H,4-9H2. The van der Waals surface area contributed by atoms with Gasteiger partial charge in [0.2, 0.25) is 10.0 Å². The predicted octanol–water partition coefficient (Wildman–Crippen LogP) is 1.61. The number of ether oxygens (including phenoxy) is 1. The van der Waals surface area contributed by atoms with Crippen LogP contribution in [0, 0.1) is 0 Å². The first-order valence-electron chi connectivity index (χ1n) is 6.52. The number of sulfonamides is 1. The Hall–Kier alpha value is -0.470. The lowest BCUT2D eigenvalue weighted by Gasteiger charge is -2.31. The van der Waals surface area contributed by atoms with Crippen molar-refractivity contribution in [3.05, 3.63) is 28.7 Å². The van der Waals surface area contributed by atoms with Gasteiger partial charge in [0.15, 0.2) is 0 Å². The molecule has 1 heterocycles. The summed E-state index contributed by atoms with van der Waals surface area (Å²) in [6, 6.07) is 6.74. The number of nitrogens with zero attached hydrogens (tertiary/aromatic N) is 1. The number of rotatable bonds is 5. The minimum Gasteiger partial charge on any atom is -0.394 e. The zero-order valence-corrected chi connectivity index (χ0v) is 13.4. The van der Waals surface area contributed by atoms with E-state index >= 15 is 0 Å². The Morgan fingerprint density at radius 2 is 2.05 bits per heavy atom. The van der Waals surface area contributed by atoms with Crippen molar-refractivity contribution in [2.24, 2.45) is 0 Å². The largest absolute Gasteiger partial charge is 0.394 e. The number of hydrogen-bond donors (Lipinski definition) is 1. The Bertz CT molecular complexity index is 541. The summed E-state index contributed by atoms with van der Waals surface area (Å²) in [4.78, 5) is 0.307. The van der Waals surface area contributed by atoms with Crippen molar-refractivity contribution in [1.82, 2.24) is 4.31 Å². The topological polar surface area (TPSA) is 66.8 Å². The highest BCUT2D eigenvalue weighted by Crippen LogP contribution is 2.24. The quantitative estimate of drug-likeness (QED) is 0.862. The van der Waals surface area contributed by atoms with E-state index < -0.39 is 10.0 Å². The van der Waals surface area contributed by atoms with Gasteiger partial charge < -0.3 is 9.84 Å². The third-order valence-electron chi connectivity index (χ3n) is 3.28. The smallest absolute Gasteiger partial charge is 0.243 e. The van der Waals surface area contributed by atoms with Gasteiger partial charge in [-0.15, -0.1) is 0 Å². The van der Waals surface area contributed by atoms with E-state index in [1.807, 2.05) is 0 Å². The molecule has 7 heteroatoms. The maximum absolute atomic E-state index is 12.5. The van der Waals surface area contributed by atoms with E-state index in [9.17, 15) is 8.42 Å². The lowest BCUT2D eigenvalue weighted by molar-refractivity contribution is 0.00318. The number of piperidine rings is 1. The zero-order chi connectivity index (χ0) is 14.6. The first-order valence-corrected chi connectivity index (χ1v) is 8.75. The Morgan fingerprint density at radius 1 is 1.35 bits per heavy atom. The van der Waals surface area contributed by atoms with Crippen molar-refractivity contribution in [2.45, 2.75) is 23.8 Å². The van der Waals surface area contributed by atoms with Crippen molar-refractivity contribution in [1.29, 1.82) is 0 Å². The number of aliphatic hydroxyl groups excluding tert-OH is 1. The first-order chi connectivity index (χ1) is 9.54. The van der Waals surface area contributed by atoms with E-state index in [2.05, 4.69) is 15.9 Å². The average Bonchev–Trinajstić information content (AvgIpc) is 2.45. The molecule has 1 aliphatic rings. The van der Waals surface area contributed by atoms with Gasteiger partial charge in [0.25, 0.3) is 0 Å². The molecule has 0 bridgehead atoms. The molecule has 1 aromatic rings. The second-order valence-corrected chi connectivity index (χ2v) is 7.51. The molecule has 0 unspecified atom stereocenters. The maximum Gasteiger partial charge on any atom is 0.243 e. The van der Waals surface area contributed by atoms with Crippen molar-refractivity contribution in [3.63, 3.8) is 0 Å². The van der Waals surface area contributed by atoms with Gasteiger partial charge in [-0.2, -0.15) is 4.31 Å². The summed E-state index contributed by atoms with van der Waals surface area (Å²) in [5.74, 6) is 0. The van der Waals surface area contributed by atoms with Gasteiger partial charge in [0.1, 0.15) is 0 Å². The Labute approximate surface area is 127 Å². The van der Waals surface area contributed by atoms with Crippen LogP contribution in [-0.2, 0) is 14.8 Å². The van der Waals surface area contributed by atoms with Crippen LogP contribution in [0.25, 0.3) is 0 Å². The Balaban J connectivity index is 2.02. The minimum absolute atomic E-state index is 0.00342. The molecule has 0 aromatic heterocycles. The third kappa shape index (κ3) is 3.79. The predicted molar refractivity (Wildman–Crippen MR) is 79.0 cm³/mol. The molecule has 1 N–H and O–H groups in total. The summed E-state index contributed by atoms with van der Waals surface area (Å²) in [5.41, 5.74) is 0. The average molecular weight is 364 g/mol. The van der Waals surface area contributed by atoms with Crippen LogP contribution in [0.1, 0.15) is 12.8 Å². The van der Waals surface area contributed by atoms with Crippen molar-refractivity contribution >= 4 is 26.0 Å². The fraction of sp³-hybridized carbons (Fsp3) is 0.538. The van der Waals surface area contributed by atoms with Crippen molar-refractivity contribution < 1.29 is 18.3 Å². The summed E-state index contributed by atoms with van der Waals surface area (Å²) < 4.78 is 32.7. The summed E-state index contributed by atoms with van der Waals surface area (Å²) >= 11 is 3.29. The summed E-state index contributed by atoms with van der Waals surface area (Å²) in [6.07, 6.45) is 1.36. The van der Waals surface area contributed by atoms with Crippen LogP contribution in [0.5, 0.6) is 0 Å². The van der Waals surface area contributed by atoms with Crippen LogP contribution in [0.2, 0.25) is 0 Å². The van der Waals surface area contributed by atoms with Gasteiger partial charge in [-0.25, -0.2) is 8.42 Å². The molecule has 1 aromatic carbocycles. The Morgan fingerprint density at radius 3 is 2.65 bits per heavy atom. The van der Waals surface area contributed by atoms with Crippen LogP contribution in [0.3, 0.4) is 0 Å². The number of hydrogen-bond acceptors (Lipinski definition) is 4. The molecular formula is C13H18BrNO4S. The van der Waals surface area contributed by atoms with Crippen molar-refractivity contribution in [3.8, 4) is 0 Å². The molecule has 2 rings (SSSR count). The highest BCUT2D eigenvalue weighted by atomic mass is 79.9. The molecule has 1 aliphatic heterocycles. The number of aliphatic hydroxyl groups is 1. The molecule has 1 fully saturated rings. The van der Waals surface area contributed by atoms with E-state index in [1.54, 1.807) is 24.3 Å². The van der Waals surface area contributed by atoms with E-state index in [1.165, 1.54) is 4.31 Å². The molecule has 112 valence electrons. The van der Waals surface area contributed by atoms with Gasteiger partial charge in [0, 0.05) is 17.6 Å². The summed E-state index contributed by atoms with van der Waals surface area (Å²) in [5, 5.41) is 8.72. The first kappa shape index (κ1) is 15.9. The summed E-state index contributed by atoms with van der Waals surface area (Å²) in [7, 11) is -3.43. The number of halogens is 1. The molecule has 0 saturated carbocycles. The van der Waals surface area contributed by atoms with E-state index in [-0.39, 0.29) is 12.7 Å².